The van der Waals surface area contributed by atoms with Gasteiger partial charge in [0.05, 0.1) is 6.61 Å². The van der Waals surface area contributed by atoms with E-state index in [-0.39, 0.29) is 24.1 Å². The minimum Gasteiger partial charge on any atom is -0.395 e. The molecular weight excluding hydrogens is 248 g/mol. The molecule has 114 valence electrons. The van der Waals surface area contributed by atoms with E-state index in [4.69, 9.17) is 5.73 Å². The van der Waals surface area contributed by atoms with Crippen molar-refractivity contribution >= 4 is 0 Å². The first-order chi connectivity index (χ1) is 9.40. The molecule has 0 radical (unpaired) electrons. The third kappa shape index (κ3) is 4.89. The predicted molar refractivity (Wildman–Crippen MR) is 85.4 cm³/mol. The molecule has 0 fully saturated rings. The molecule has 1 aromatic rings. The van der Waals surface area contributed by atoms with Crippen molar-refractivity contribution < 1.29 is 5.11 Å². The van der Waals surface area contributed by atoms with E-state index < -0.39 is 0 Å². The zero-order valence-corrected chi connectivity index (χ0v) is 13.3. The average Bonchev–Trinajstić information content (AvgIpc) is 2.38. The van der Waals surface area contributed by atoms with Crippen molar-refractivity contribution in [3.8, 4) is 0 Å². The number of nitrogens with zero attached hydrogens (tertiary/aromatic N) is 1. The molecule has 1 rings (SSSR count). The Hall–Kier alpha value is -0.900. The highest BCUT2D eigenvalue weighted by Gasteiger charge is 2.34. The van der Waals surface area contributed by atoms with Crippen LogP contribution >= 0.6 is 0 Å². The van der Waals surface area contributed by atoms with Gasteiger partial charge >= 0.3 is 0 Å². The lowest BCUT2D eigenvalue weighted by molar-refractivity contribution is 0.0541. The molecule has 0 spiro atoms. The lowest BCUT2D eigenvalue weighted by atomic mass is 9.80. The van der Waals surface area contributed by atoms with Crippen LogP contribution in [0, 0.1) is 5.41 Å². The maximum absolute atomic E-state index is 9.40. The summed E-state index contributed by atoms with van der Waals surface area (Å²) in [7, 11) is 0. The first kappa shape index (κ1) is 17.2. The molecular formula is C17H30N2O. The SMILES string of the molecule is CCC(N)C(N(CCO)Cc1ccccc1)C(C)(C)C. The molecule has 2 atom stereocenters. The number of aliphatic hydroxyl groups excluding tert-OH is 1. The van der Waals surface area contributed by atoms with Crippen LogP contribution in [0.15, 0.2) is 30.3 Å². The minimum atomic E-state index is 0.0827. The van der Waals surface area contributed by atoms with Crippen LogP contribution < -0.4 is 5.73 Å². The van der Waals surface area contributed by atoms with E-state index in [1.54, 1.807) is 0 Å². The monoisotopic (exact) mass is 278 g/mol. The molecule has 0 heterocycles. The summed E-state index contributed by atoms with van der Waals surface area (Å²) >= 11 is 0. The Bertz CT molecular complexity index is 372. The zero-order chi connectivity index (χ0) is 15.2. The maximum atomic E-state index is 9.40. The number of hydrogen-bond acceptors (Lipinski definition) is 3. The Kier molecular flexibility index (Phi) is 6.66. The van der Waals surface area contributed by atoms with Gasteiger partial charge in [-0.2, -0.15) is 0 Å². The lowest BCUT2D eigenvalue weighted by Gasteiger charge is -2.43. The Labute approximate surface area is 123 Å². The van der Waals surface area contributed by atoms with Crippen LogP contribution in [-0.4, -0.2) is 35.2 Å². The second kappa shape index (κ2) is 7.77. The minimum absolute atomic E-state index is 0.0827. The molecule has 1 aromatic carbocycles. The lowest BCUT2D eigenvalue weighted by Crippen LogP contribution is -2.54. The van der Waals surface area contributed by atoms with E-state index in [0.717, 1.165) is 13.0 Å². The van der Waals surface area contributed by atoms with Crippen molar-refractivity contribution in [3.63, 3.8) is 0 Å². The molecule has 0 aliphatic carbocycles. The number of rotatable bonds is 7. The van der Waals surface area contributed by atoms with E-state index in [9.17, 15) is 5.11 Å². The number of nitrogens with two attached hydrogens (primary N) is 1. The topological polar surface area (TPSA) is 49.5 Å². The van der Waals surface area contributed by atoms with E-state index in [2.05, 4.69) is 56.9 Å². The highest BCUT2D eigenvalue weighted by atomic mass is 16.3. The summed E-state index contributed by atoms with van der Waals surface area (Å²) in [6, 6.07) is 10.8. The van der Waals surface area contributed by atoms with Gasteiger partial charge in [0.25, 0.3) is 0 Å². The second-order valence-electron chi connectivity index (χ2n) is 6.56. The first-order valence-electron chi connectivity index (χ1n) is 7.54. The molecule has 0 saturated heterocycles. The van der Waals surface area contributed by atoms with Gasteiger partial charge in [0.2, 0.25) is 0 Å². The van der Waals surface area contributed by atoms with Crippen molar-refractivity contribution in [1.29, 1.82) is 0 Å². The van der Waals surface area contributed by atoms with Gasteiger partial charge in [0.1, 0.15) is 0 Å². The van der Waals surface area contributed by atoms with Crippen molar-refractivity contribution in [2.45, 2.75) is 52.7 Å². The van der Waals surface area contributed by atoms with Gasteiger partial charge in [0.15, 0.2) is 0 Å². The third-order valence-electron chi connectivity index (χ3n) is 3.77. The first-order valence-corrected chi connectivity index (χ1v) is 7.54. The molecule has 3 N–H and O–H groups in total. The normalized spacial score (nSPS) is 15.3. The van der Waals surface area contributed by atoms with E-state index in [1.165, 1.54) is 5.56 Å². The number of benzene rings is 1. The van der Waals surface area contributed by atoms with Gasteiger partial charge < -0.3 is 10.8 Å². The smallest absolute Gasteiger partial charge is 0.0558 e. The molecule has 0 amide bonds. The van der Waals surface area contributed by atoms with Crippen LogP contribution in [0.5, 0.6) is 0 Å². The summed E-state index contributed by atoms with van der Waals surface area (Å²) in [6.45, 7) is 10.5. The van der Waals surface area contributed by atoms with Crippen molar-refractivity contribution in [3.05, 3.63) is 35.9 Å². The number of aliphatic hydroxyl groups is 1. The summed E-state index contributed by atoms with van der Waals surface area (Å²) < 4.78 is 0. The zero-order valence-electron chi connectivity index (χ0n) is 13.3. The van der Waals surface area contributed by atoms with Gasteiger partial charge in [-0.15, -0.1) is 0 Å². The summed E-state index contributed by atoms with van der Waals surface area (Å²) in [6.07, 6.45) is 0.943. The Morgan fingerprint density at radius 2 is 1.80 bits per heavy atom. The van der Waals surface area contributed by atoms with Crippen LogP contribution in [0.1, 0.15) is 39.7 Å². The largest absolute Gasteiger partial charge is 0.395 e. The molecule has 20 heavy (non-hydrogen) atoms. The van der Waals surface area contributed by atoms with Crippen molar-refractivity contribution in [1.82, 2.24) is 4.90 Å². The van der Waals surface area contributed by atoms with E-state index >= 15 is 0 Å². The van der Waals surface area contributed by atoms with Crippen LogP contribution in [0.4, 0.5) is 0 Å². The molecule has 0 aliphatic heterocycles. The average molecular weight is 278 g/mol. The molecule has 3 nitrogen and oxygen atoms in total. The molecule has 3 heteroatoms. The van der Waals surface area contributed by atoms with Crippen LogP contribution in [-0.2, 0) is 6.54 Å². The summed E-state index contributed by atoms with van der Waals surface area (Å²) in [5.74, 6) is 0. The summed E-state index contributed by atoms with van der Waals surface area (Å²) in [4.78, 5) is 2.32. The van der Waals surface area contributed by atoms with Gasteiger partial charge in [-0.3, -0.25) is 4.90 Å². The number of hydrogen-bond donors (Lipinski definition) is 2. The van der Waals surface area contributed by atoms with Gasteiger partial charge in [-0.1, -0.05) is 58.0 Å². The third-order valence-corrected chi connectivity index (χ3v) is 3.77. The van der Waals surface area contributed by atoms with E-state index in [0.29, 0.717) is 6.54 Å². The highest BCUT2D eigenvalue weighted by Crippen LogP contribution is 2.28. The Balaban J connectivity index is 2.96. The Morgan fingerprint density at radius 1 is 1.20 bits per heavy atom. The predicted octanol–water partition coefficient (Wildman–Crippen LogP) is 2.63. The van der Waals surface area contributed by atoms with Crippen molar-refractivity contribution in [2.75, 3.05) is 13.2 Å². The fraction of sp³-hybridized carbons (Fsp3) is 0.647. The quantitative estimate of drug-likeness (QED) is 0.806. The molecule has 0 saturated carbocycles. The molecule has 0 aliphatic rings. The van der Waals surface area contributed by atoms with Crippen LogP contribution in [0.2, 0.25) is 0 Å². The fourth-order valence-electron chi connectivity index (χ4n) is 2.95. The molecule has 0 bridgehead atoms. The van der Waals surface area contributed by atoms with Crippen LogP contribution in [0.3, 0.4) is 0 Å². The Morgan fingerprint density at radius 3 is 2.25 bits per heavy atom. The van der Waals surface area contributed by atoms with Gasteiger partial charge in [0, 0.05) is 25.2 Å². The van der Waals surface area contributed by atoms with Gasteiger partial charge in [-0.05, 0) is 17.4 Å². The maximum Gasteiger partial charge on any atom is 0.0558 e. The highest BCUT2D eigenvalue weighted by molar-refractivity contribution is 5.15. The van der Waals surface area contributed by atoms with Crippen molar-refractivity contribution in [2.24, 2.45) is 11.1 Å². The van der Waals surface area contributed by atoms with Crippen LogP contribution in [0.25, 0.3) is 0 Å². The summed E-state index contributed by atoms with van der Waals surface area (Å²) in [5.41, 5.74) is 7.71. The molecule has 0 aromatic heterocycles. The standard InChI is InChI=1S/C17H30N2O/c1-5-15(18)16(17(2,3)4)19(11-12-20)13-14-9-7-6-8-10-14/h6-10,15-16,20H,5,11-13,18H2,1-4H3. The second-order valence-corrected chi connectivity index (χ2v) is 6.56. The molecule has 2 unspecified atom stereocenters. The van der Waals surface area contributed by atoms with Gasteiger partial charge in [-0.25, -0.2) is 0 Å². The van der Waals surface area contributed by atoms with E-state index in [1.807, 2.05) is 6.07 Å². The fourth-order valence-corrected chi connectivity index (χ4v) is 2.95. The summed E-state index contributed by atoms with van der Waals surface area (Å²) in [5, 5.41) is 9.40.